The van der Waals surface area contributed by atoms with Crippen molar-refractivity contribution in [1.29, 1.82) is 0 Å². The van der Waals surface area contributed by atoms with Gasteiger partial charge in [0.15, 0.2) is 0 Å². The monoisotopic (exact) mass is 242 g/mol. The SMILES string of the molecule is CC1CCCC(Sc2cc(Cl)ncn2)C1. The van der Waals surface area contributed by atoms with Gasteiger partial charge in [0.25, 0.3) is 0 Å². The lowest BCUT2D eigenvalue weighted by molar-refractivity contribution is 0.394. The second-order valence-electron chi connectivity index (χ2n) is 4.19. The lowest BCUT2D eigenvalue weighted by Crippen LogP contribution is -2.15. The molecule has 82 valence electrons. The van der Waals surface area contributed by atoms with E-state index in [1.165, 1.54) is 32.0 Å². The Bertz CT molecular complexity index is 332. The van der Waals surface area contributed by atoms with Crippen LogP contribution in [0.4, 0.5) is 0 Å². The third-order valence-corrected chi connectivity index (χ3v) is 4.22. The maximum Gasteiger partial charge on any atom is 0.133 e. The van der Waals surface area contributed by atoms with E-state index >= 15 is 0 Å². The molecule has 2 nitrogen and oxygen atoms in total. The van der Waals surface area contributed by atoms with Gasteiger partial charge in [-0.1, -0.05) is 31.4 Å². The van der Waals surface area contributed by atoms with Crippen LogP contribution in [-0.4, -0.2) is 15.2 Å². The summed E-state index contributed by atoms with van der Waals surface area (Å²) in [5.41, 5.74) is 0. The van der Waals surface area contributed by atoms with Gasteiger partial charge in [0, 0.05) is 11.3 Å². The molecule has 15 heavy (non-hydrogen) atoms. The molecule has 2 atom stereocenters. The molecule has 0 amide bonds. The summed E-state index contributed by atoms with van der Waals surface area (Å²) in [4.78, 5) is 8.11. The molecule has 4 heteroatoms. The first-order chi connectivity index (χ1) is 7.24. The highest BCUT2D eigenvalue weighted by Crippen LogP contribution is 2.35. The van der Waals surface area contributed by atoms with Crippen molar-refractivity contribution < 1.29 is 0 Å². The molecule has 0 radical (unpaired) electrons. The van der Waals surface area contributed by atoms with Crippen LogP contribution in [0, 0.1) is 5.92 Å². The third kappa shape index (κ3) is 3.35. The Balaban J connectivity index is 1.96. The minimum atomic E-state index is 0.538. The Morgan fingerprint density at radius 1 is 1.40 bits per heavy atom. The van der Waals surface area contributed by atoms with Crippen molar-refractivity contribution in [2.45, 2.75) is 42.9 Å². The van der Waals surface area contributed by atoms with Gasteiger partial charge in [0.2, 0.25) is 0 Å². The average molecular weight is 243 g/mol. The third-order valence-electron chi connectivity index (χ3n) is 2.78. The van der Waals surface area contributed by atoms with Crippen LogP contribution in [-0.2, 0) is 0 Å². The van der Waals surface area contributed by atoms with Crippen LogP contribution >= 0.6 is 23.4 Å². The topological polar surface area (TPSA) is 25.8 Å². The van der Waals surface area contributed by atoms with Gasteiger partial charge in [-0.2, -0.15) is 0 Å². The summed E-state index contributed by atoms with van der Waals surface area (Å²) < 4.78 is 0. The van der Waals surface area contributed by atoms with Crippen LogP contribution in [0.3, 0.4) is 0 Å². The highest BCUT2D eigenvalue weighted by atomic mass is 35.5. The van der Waals surface area contributed by atoms with Gasteiger partial charge in [-0.3, -0.25) is 0 Å². The number of aromatic nitrogens is 2. The molecule has 1 aromatic rings. The summed E-state index contributed by atoms with van der Waals surface area (Å²) in [5.74, 6) is 0.855. The maximum absolute atomic E-state index is 5.83. The maximum atomic E-state index is 5.83. The van der Waals surface area contributed by atoms with Gasteiger partial charge in [0.1, 0.15) is 16.5 Å². The first-order valence-electron chi connectivity index (χ1n) is 5.38. The highest BCUT2D eigenvalue weighted by Gasteiger charge is 2.20. The zero-order chi connectivity index (χ0) is 10.7. The molecule has 2 rings (SSSR count). The first kappa shape index (κ1) is 11.2. The van der Waals surface area contributed by atoms with Crippen LogP contribution in [0.5, 0.6) is 0 Å². The summed E-state index contributed by atoms with van der Waals surface area (Å²) in [5, 5.41) is 2.25. The molecule has 1 saturated carbocycles. The molecule has 1 fully saturated rings. The van der Waals surface area contributed by atoms with Crippen molar-refractivity contribution in [2.75, 3.05) is 0 Å². The van der Waals surface area contributed by atoms with E-state index < -0.39 is 0 Å². The molecule has 1 heterocycles. The number of thioether (sulfide) groups is 1. The van der Waals surface area contributed by atoms with Crippen molar-refractivity contribution in [1.82, 2.24) is 9.97 Å². The van der Waals surface area contributed by atoms with Gasteiger partial charge >= 0.3 is 0 Å². The molecule has 0 N–H and O–H groups in total. The van der Waals surface area contributed by atoms with Gasteiger partial charge < -0.3 is 0 Å². The smallest absolute Gasteiger partial charge is 0.133 e. The minimum Gasteiger partial charge on any atom is -0.230 e. The van der Waals surface area contributed by atoms with Gasteiger partial charge in [-0.15, -0.1) is 11.8 Å². The van der Waals surface area contributed by atoms with Crippen LogP contribution in [0.15, 0.2) is 17.4 Å². The second kappa shape index (κ2) is 5.17. The molecule has 1 aliphatic rings. The number of hydrogen-bond acceptors (Lipinski definition) is 3. The van der Waals surface area contributed by atoms with Crippen molar-refractivity contribution in [3.63, 3.8) is 0 Å². The number of nitrogens with zero attached hydrogens (tertiary/aromatic N) is 2. The summed E-state index contributed by atoms with van der Waals surface area (Å²) in [6, 6.07) is 1.85. The molecule has 0 aliphatic heterocycles. The molecular formula is C11H15ClN2S. The molecule has 1 aliphatic carbocycles. The summed E-state index contributed by atoms with van der Waals surface area (Å²) in [6.45, 7) is 2.33. The van der Waals surface area contributed by atoms with Crippen molar-refractivity contribution in [3.8, 4) is 0 Å². The summed E-state index contributed by atoms with van der Waals surface area (Å²) in [7, 11) is 0. The van der Waals surface area contributed by atoms with Crippen LogP contribution in [0.25, 0.3) is 0 Å². The average Bonchev–Trinajstić information content (AvgIpc) is 2.17. The van der Waals surface area contributed by atoms with E-state index in [1.54, 1.807) is 0 Å². The zero-order valence-electron chi connectivity index (χ0n) is 8.82. The second-order valence-corrected chi connectivity index (χ2v) is 5.90. The number of halogens is 1. The Labute approximate surface area is 99.8 Å². The Hall–Kier alpha value is -0.280. The molecular weight excluding hydrogens is 228 g/mol. The van der Waals surface area contributed by atoms with E-state index in [4.69, 9.17) is 11.6 Å². The molecule has 0 bridgehead atoms. The predicted molar refractivity (Wildman–Crippen MR) is 64.3 cm³/mol. The van der Waals surface area contributed by atoms with Crippen LogP contribution in [0.1, 0.15) is 32.6 Å². The predicted octanol–water partition coefficient (Wildman–Crippen LogP) is 3.80. The van der Waals surface area contributed by atoms with Crippen molar-refractivity contribution in [3.05, 3.63) is 17.5 Å². The Kier molecular flexibility index (Phi) is 3.87. The fourth-order valence-electron chi connectivity index (χ4n) is 2.04. The van der Waals surface area contributed by atoms with Crippen LogP contribution in [0.2, 0.25) is 5.15 Å². The molecule has 2 unspecified atom stereocenters. The van der Waals surface area contributed by atoms with Crippen molar-refractivity contribution in [2.24, 2.45) is 5.92 Å². The lowest BCUT2D eigenvalue weighted by atomic mass is 9.91. The highest BCUT2D eigenvalue weighted by molar-refractivity contribution is 7.99. The fourth-order valence-corrected chi connectivity index (χ4v) is 3.59. The van der Waals surface area contributed by atoms with Crippen LogP contribution < -0.4 is 0 Å². The minimum absolute atomic E-state index is 0.538. The summed E-state index contributed by atoms with van der Waals surface area (Å²) in [6.07, 6.45) is 6.86. The molecule has 0 saturated heterocycles. The van der Waals surface area contributed by atoms with Gasteiger partial charge in [-0.25, -0.2) is 9.97 Å². The van der Waals surface area contributed by atoms with E-state index in [9.17, 15) is 0 Å². The fraction of sp³-hybridized carbons (Fsp3) is 0.636. The van der Waals surface area contributed by atoms with E-state index in [0.717, 1.165) is 10.9 Å². The number of hydrogen-bond donors (Lipinski definition) is 0. The number of rotatable bonds is 2. The zero-order valence-corrected chi connectivity index (χ0v) is 10.4. The normalized spacial score (nSPS) is 26.5. The molecule has 1 aromatic heterocycles. The first-order valence-corrected chi connectivity index (χ1v) is 6.64. The Morgan fingerprint density at radius 3 is 3.00 bits per heavy atom. The van der Waals surface area contributed by atoms with E-state index in [2.05, 4.69) is 16.9 Å². The molecule has 0 aromatic carbocycles. The standard InChI is InChI=1S/C11H15ClN2S/c1-8-3-2-4-9(5-8)15-11-6-10(12)13-7-14-11/h6-9H,2-5H2,1H3. The largest absolute Gasteiger partial charge is 0.230 e. The van der Waals surface area contributed by atoms with Gasteiger partial charge in [0.05, 0.1) is 0 Å². The van der Waals surface area contributed by atoms with E-state index in [1.807, 2.05) is 17.8 Å². The van der Waals surface area contributed by atoms with E-state index in [-0.39, 0.29) is 0 Å². The quantitative estimate of drug-likeness (QED) is 0.738. The lowest BCUT2D eigenvalue weighted by Gasteiger charge is -2.25. The van der Waals surface area contributed by atoms with Gasteiger partial charge in [-0.05, 0) is 18.8 Å². The Morgan fingerprint density at radius 2 is 2.27 bits per heavy atom. The van der Waals surface area contributed by atoms with Crippen molar-refractivity contribution >= 4 is 23.4 Å². The summed E-state index contributed by atoms with van der Waals surface area (Å²) >= 11 is 7.67. The molecule has 0 spiro atoms. The van der Waals surface area contributed by atoms with E-state index in [0.29, 0.717) is 10.4 Å².